The molecular weight excluding hydrogens is 234 g/mol. The van der Waals surface area contributed by atoms with E-state index >= 15 is 0 Å². The fraction of sp³-hybridized carbons (Fsp3) is 0.182. The van der Waals surface area contributed by atoms with Gasteiger partial charge in [0.1, 0.15) is 11.8 Å². The highest BCUT2D eigenvalue weighted by molar-refractivity contribution is 8.03. The number of nitrogens with one attached hydrogen (secondary N) is 1. The van der Waals surface area contributed by atoms with Crippen molar-refractivity contribution in [2.24, 2.45) is 0 Å². The molecule has 0 amide bonds. The molecule has 0 aromatic carbocycles. The molecule has 3 rings (SSSR count). The van der Waals surface area contributed by atoms with E-state index in [1.165, 1.54) is 11.2 Å². The fourth-order valence-electron chi connectivity index (χ4n) is 1.65. The van der Waals surface area contributed by atoms with E-state index in [1.807, 2.05) is 0 Å². The normalized spacial score (nSPS) is 15.2. The molecule has 5 nitrogen and oxygen atoms in total. The van der Waals surface area contributed by atoms with E-state index in [0.717, 1.165) is 18.0 Å². The van der Waals surface area contributed by atoms with E-state index in [0.29, 0.717) is 17.0 Å². The van der Waals surface area contributed by atoms with Gasteiger partial charge in [-0.25, -0.2) is 15.0 Å². The molecule has 6 heteroatoms. The molecule has 0 radical (unpaired) electrons. The number of nitrogen functional groups attached to an aromatic ring is 1. The number of rotatable bonds is 2. The summed E-state index contributed by atoms with van der Waals surface area (Å²) in [4.78, 5) is 16.7. The van der Waals surface area contributed by atoms with Crippen LogP contribution in [0.4, 0.5) is 5.82 Å². The highest BCUT2D eigenvalue weighted by Gasteiger charge is 2.09. The summed E-state index contributed by atoms with van der Waals surface area (Å²) in [5.41, 5.74) is 7.06. The number of aromatic amines is 1. The minimum atomic E-state index is 0.433. The third-order valence-corrected chi connectivity index (χ3v) is 3.40. The van der Waals surface area contributed by atoms with Gasteiger partial charge in [0.2, 0.25) is 0 Å². The molecule has 2 aromatic heterocycles. The Morgan fingerprint density at radius 3 is 3.00 bits per heavy atom. The summed E-state index contributed by atoms with van der Waals surface area (Å²) in [6, 6.07) is 0. The van der Waals surface area contributed by atoms with Crippen molar-refractivity contribution in [3.8, 4) is 0 Å². The van der Waals surface area contributed by atoms with Crippen LogP contribution < -0.4 is 5.73 Å². The van der Waals surface area contributed by atoms with Gasteiger partial charge in [0.05, 0.1) is 0 Å². The van der Waals surface area contributed by atoms with Gasteiger partial charge < -0.3 is 10.7 Å². The molecule has 1 aliphatic rings. The Morgan fingerprint density at radius 2 is 2.24 bits per heavy atom. The van der Waals surface area contributed by atoms with Crippen molar-refractivity contribution >= 4 is 28.7 Å². The maximum Gasteiger partial charge on any atom is 0.183 e. The van der Waals surface area contributed by atoms with Gasteiger partial charge in [-0.2, -0.15) is 0 Å². The summed E-state index contributed by atoms with van der Waals surface area (Å²) in [5, 5.41) is 0.796. The third kappa shape index (κ3) is 2.03. The van der Waals surface area contributed by atoms with Gasteiger partial charge in [0.15, 0.2) is 16.6 Å². The Hall–Kier alpha value is -1.82. The average Bonchev–Trinajstić information content (AvgIpc) is 2.74. The zero-order valence-corrected chi connectivity index (χ0v) is 9.87. The lowest BCUT2D eigenvalue weighted by molar-refractivity contribution is 1.03. The molecule has 0 bridgehead atoms. The molecule has 2 heterocycles. The van der Waals surface area contributed by atoms with Crippen molar-refractivity contribution in [3.63, 3.8) is 0 Å². The predicted octanol–water partition coefficient (Wildman–Crippen LogP) is 2.26. The van der Waals surface area contributed by atoms with E-state index in [2.05, 4.69) is 38.2 Å². The second kappa shape index (κ2) is 4.21. The number of anilines is 1. The largest absolute Gasteiger partial charge is 0.382 e. The van der Waals surface area contributed by atoms with Crippen LogP contribution in [0.1, 0.15) is 12.8 Å². The molecule has 17 heavy (non-hydrogen) atoms. The second-order valence-corrected chi connectivity index (χ2v) is 4.75. The van der Waals surface area contributed by atoms with Crippen LogP contribution in [-0.2, 0) is 0 Å². The van der Waals surface area contributed by atoms with E-state index in [4.69, 9.17) is 5.73 Å². The monoisotopic (exact) mass is 245 g/mol. The van der Waals surface area contributed by atoms with Crippen molar-refractivity contribution in [2.75, 3.05) is 5.73 Å². The first kappa shape index (κ1) is 10.3. The number of thioether (sulfide) groups is 1. The Morgan fingerprint density at radius 1 is 1.29 bits per heavy atom. The van der Waals surface area contributed by atoms with Crippen molar-refractivity contribution < 1.29 is 0 Å². The van der Waals surface area contributed by atoms with Crippen LogP contribution in [0.2, 0.25) is 0 Å². The Bertz CT molecular complexity index is 613. The summed E-state index contributed by atoms with van der Waals surface area (Å²) in [6.45, 7) is 0. The first-order chi connectivity index (χ1) is 8.33. The van der Waals surface area contributed by atoms with Crippen LogP contribution in [0.15, 0.2) is 34.6 Å². The van der Waals surface area contributed by atoms with Gasteiger partial charge in [0.25, 0.3) is 0 Å². The average molecular weight is 245 g/mol. The molecule has 2 aromatic rings. The number of hydrogen-bond acceptors (Lipinski definition) is 5. The molecule has 0 fully saturated rings. The second-order valence-electron chi connectivity index (χ2n) is 3.69. The Labute approximate surface area is 102 Å². The first-order valence-electron chi connectivity index (χ1n) is 5.33. The molecular formula is C11H11N5S. The van der Waals surface area contributed by atoms with Gasteiger partial charge in [-0.15, -0.1) is 0 Å². The molecule has 0 saturated heterocycles. The maximum absolute atomic E-state index is 5.74. The lowest BCUT2D eigenvalue weighted by Crippen LogP contribution is -1.91. The summed E-state index contributed by atoms with van der Waals surface area (Å²) >= 11 is 1.58. The molecule has 0 atom stereocenters. The number of nitrogens with zero attached hydrogens (tertiary/aromatic N) is 3. The lowest BCUT2D eigenvalue weighted by Gasteiger charge is -2.03. The van der Waals surface area contributed by atoms with E-state index < -0.39 is 0 Å². The SMILES string of the molecule is Nc1ncnc2nc(SC3=CCCC=C3)[nH]c12. The number of H-pyrrole nitrogens is 1. The van der Waals surface area contributed by atoms with Crippen LogP contribution in [0.3, 0.4) is 0 Å². The molecule has 0 saturated carbocycles. The number of nitrogens with two attached hydrogens (primary N) is 1. The van der Waals surface area contributed by atoms with Gasteiger partial charge in [0, 0.05) is 4.91 Å². The summed E-state index contributed by atoms with van der Waals surface area (Å²) in [5.74, 6) is 0.433. The summed E-state index contributed by atoms with van der Waals surface area (Å²) in [7, 11) is 0. The van der Waals surface area contributed by atoms with Crippen molar-refractivity contribution in [2.45, 2.75) is 18.0 Å². The topological polar surface area (TPSA) is 80.5 Å². The number of hydrogen-bond donors (Lipinski definition) is 2. The van der Waals surface area contributed by atoms with Gasteiger partial charge in [-0.05, 0) is 12.8 Å². The minimum absolute atomic E-state index is 0.433. The zero-order chi connectivity index (χ0) is 11.7. The van der Waals surface area contributed by atoms with Gasteiger partial charge in [-0.3, -0.25) is 0 Å². The Kier molecular flexibility index (Phi) is 2.56. The first-order valence-corrected chi connectivity index (χ1v) is 6.15. The summed E-state index contributed by atoms with van der Waals surface area (Å²) < 4.78 is 0. The van der Waals surface area contributed by atoms with Crippen LogP contribution >= 0.6 is 11.8 Å². The van der Waals surface area contributed by atoms with Crippen molar-refractivity contribution in [1.29, 1.82) is 0 Å². The number of fused-ring (bicyclic) bond motifs is 1. The number of allylic oxidation sites excluding steroid dienone is 3. The van der Waals surface area contributed by atoms with E-state index in [9.17, 15) is 0 Å². The zero-order valence-electron chi connectivity index (χ0n) is 9.05. The van der Waals surface area contributed by atoms with Crippen molar-refractivity contribution in [3.05, 3.63) is 29.5 Å². The molecule has 0 spiro atoms. The van der Waals surface area contributed by atoms with Crippen LogP contribution in [0.25, 0.3) is 11.2 Å². The molecule has 86 valence electrons. The Balaban J connectivity index is 1.93. The standard InChI is InChI=1S/C11H11N5S/c12-9-8-10(14-6-13-9)16-11(15-8)17-7-4-2-1-3-5-7/h2,4-6H,1,3H2,(H3,12,13,14,15,16). The van der Waals surface area contributed by atoms with Crippen LogP contribution in [0.5, 0.6) is 0 Å². The van der Waals surface area contributed by atoms with Crippen LogP contribution in [0, 0.1) is 0 Å². The minimum Gasteiger partial charge on any atom is -0.382 e. The quantitative estimate of drug-likeness (QED) is 0.848. The fourth-order valence-corrected chi connectivity index (χ4v) is 2.52. The number of imidazole rings is 1. The van der Waals surface area contributed by atoms with Crippen molar-refractivity contribution in [1.82, 2.24) is 19.9 Å². The lowest BCUT2D eigenvalue weighted by atomic mass is 10.2. The van der Waals surface area contributed by atoms with E-state index in [1.54, 1.807) is 11.8 Å². The maximum atomic E-state index is 5.74. The smallest absolute Gasteiger partial charge is 0.183 e. The molecule has 0 aliphatic heterocycles. The van der Waals surface area contributed by atoms with Gasteiger partial charge in [-0.1, -0.05) is 30.0 Å². The van der Waals surface area contributed by atoms with Gasteiger partial charge >= 0.3 is 0 Å². The summed E-state index contributed by atoms with van der Waals surface area (Å²) in [6.07, 6.45) is 10.1. The van der Waals surface area contributed by atoms with E-state index in [-0.39, 0.29) is 0 Å². The highest BCUT2D eigenvalue weighted by atomic mass is 32.2. The number of aromatic nitrogens is 4. The highest BCUT2D eigenvalue weighted by Crippen LogP contribution is 2.29. The molecule has 3 N–H and O–H groups in total. The molecule has 1 aliphatic carbocycles. The predicted molar refractivity (Wildman–Crippen MR) is 68.4 cm³/mol. The third-order valence-electron chi connectivity index (χ3n) is 2.47. The van der Waals surface area contributed by atoms with Crippen LogP contribution in [-0.4, -0.2) is 19.9 Å². The molecule has 0 unspecified atom stereocenters.